The molecule has 2 aliphatic rings. The van der Waals surface area contributed by atoms with Crippen molar-refractivity contribution in [2.24, 2.45) is 0 Å². The molecule has 7 nitrogen and oxygen atoms in total. The topological polar surface area (TPSA) is 81.0 Å². The molecule has 5 rings (SSSR count). The summed E-state index contributed by atoms with van der Waals surface area (Å²) in [6.45, 7) is 0.865. The van der Waals surface area contributed by atoms with E-state index < -0.39 is 11.9 Å². The molecular weight excluding hydrogens is 468 g/mol. The second kappa shape index (κ2) is 10.4. The number of ether oxygens (including phenoxy) is 2. The number of fused-ring (bicyclic) bond motifs is 1. The Bertz CT molecular complexity index is 1170. The number of hydrogen-bond donors (Lipinski definition) is 1. The van der Waals surface area contributed by atoms with Gasteiger partial charge in [-0.1, -0.05) is 43.0 Å². The Morgan fingerprint density at radius 3 is 2.40 bits per heavy atom. The largest absolute Gasteiger partial charge is 0.486 e. The molecule has 0 unspecified atom stereocenters. The maximum Gasteiger partial charge on any atom is 0.294 e. The highest BCUT2D eigenvalue weighted by Crippen LogP contribution is 2.38. The highest BCUT2D eigenvalue weighted by Gasteiger charge is 2.36. The normalized spacial score (nSPS) is 16.4. The quantitative estimate of drug-likeness (QED) is 0.486. The molecule has 2 aromatic carbocycles. The molecule has 1 aliphatic carbocycles. The van der Waals surface area contributed by atoms with Crippen LogP contribution >= 0.6 is 11.6 Å². The van der Waals surface area contributed by atoms with Gasteiger partial charge in [-0.05, 0) is 54.8 Å². The van der Waals surface area contributed by atoms with Crippen molar-refractivity contribution < 1.29 is 23.5 Å². The van der Waals surface area contributed by atoms with E-state index >= 15 is 0 Å². The smallest absolute Gasteiger partial charge is 0.294 e. The maximum absolute atomic E-state index is 13.8. The summed E-state index contributed by atoms with van der Waals surface area (Å²) >= 11 is 6.14. The molecule has 1 N–H and O–H groups in total. The molecule has 1 aliphatic heterocycles. The number of nitrogens with zero attached hydrogens (tertiary/aromatic N) is 1. The van der Waals surface area contributed by atoms with Crippen LogP contribution in [0.25, 0.3) is 0 Å². The monoisotopic (exact) mass is 494 g/mol. The van der Waals surface area contributed by atoms with Crippen LogP contribution in [0.2, 0.25) is 5.02 Å². The lowest BCUT2D eigenvalue weighted by molar-refractivity contribution is -0.123. The van der Waals surface area contributed by atoms with Gasteiger partial charge in [-0.25, -0.2) is 0 Å². The zero-order valence-corrected chi connectivity index (χ0v) is 20.0. The summed E-state index contributed by atoms with van der Waals surface area (Å²) in [6, 6.07) is 14.6. The summed E-state index contributed by atoms with van der Waals surface area (Å²) < 4.78 is 16.9. The van der Waals surface area contributed by atoms with E-state index in [2.05, 4.69) is 5.32 Å². The SMILES string of the molecule is O=C(NC1CCCCC1)[C@H](c1ccc(Cl)cc1)N(C(=O)c1ccco1)c1ccc2c(c1)OCCO2. The van der Waals surface area contributed by atoms with Gasteiger partial charge in [-0.15, -0.1) is 0 Å². The van der Waals surface area contributed by atoms with Crippen LogP contribution in [0.1, 0.15) is 54.3 Å². The number of benzene rings is 2. The van der Waals surface area contributed by atoms with E-state index in [4.69, 9.17) is 25.5 Å². The predicted octanol–water partition coefficient (Wildman–Crippen LogP) is 5.54. The van der Waals surface area contributed by atoms with Crippen LogP contribution in [-0.4, -0.2) is 31.1 Å². The number of furan rings is 1. The number of nitrogens with one attached hydrogen (secondary N) is 1. The summed E-state index contributed by atoms with van der Waals surface area (Å²) in [5.74, 6) is 0.553. The van der Waals surface area contributed by atoms with E-state index in [-0.39, 0.29) is 17.7 Å². The van der Waals surface area contributed by atoms with Gasteiger partial charge < -0.3 is 19.2 Å². The number of carbonyl (C=O) groups excluding carboxylic acids is 2. The van der Waals surface area contributed by atoms with Gasteiger partial charge in [0.1, 0.15) is 19.3 Å². The first-order valence-corrected chi connectivity index (χ1v) is 12.3. The van der Waals surface area contributed by atoms with E-state index in [1.807, 2.05) is 0 Å². The van der Waals surface area contributed by atoms with Crippen molar-refractivity contribution in [1.82, 2.24) is 5.32 Å². The minimum atomic E-state index is -0.950. The van der Waals surface area contributed by atoms with Crippen LogP contribution in [0.3, 0.4) is 0 Å². The Morgan fingerprint density at radius 1 is 0.943 bits per heavy atom. The van der Waals surface area contributed by atoms with Gasteiger partial charge in [0.15, 0.2) is 17.3 Å². The third-order valence-corrected chi connectivity index (χ3v) is 6.65. The third-order valence-electron chi connectivity index (χ3n) is 6.40. The number of hydrogen-bond acceptors (Lipinski definition) is 5. The van der Waals surface area contributed by atoms with Crippen LogP contribution in [0.15, 0.2) is 65.3 Å². The number of carbonyl (C=O) groups is 2. The van der Waals surface area contributed by atoms with Crippen LogP contribution in [0, 0.1) is 0 Å². The van der Waals surface area contributed by atoms with Crippen LogP contribution in [-0.2, 0) is 4.79 Å². The minimum Gasteiger partial charge on any atom is -0.486 e. The Morgan fingerprint density at radius 2 is 1.69 bits per heavy atom. The molecule has 2 amide bonds. The molecule has 1 atom stereocenters. The molecular formula is C27H27ClN2O5. The molecule has 2 heterocycles. The molecule has 8 heteroatoms. The minimum absolute atomic E-state index is 0.0758. The van der Waals surface area contributed by atoms with E-state index in [1.54, 1.807) is 54.6 Å². The summed E-state index contributed by atoms with van der Waals surface area (Å²) in [7, 11) is 0. The van der Waals surface area contributed by atoms with Crippen molar-refractivity contribution >= 4 is 29.1 Å². The zero-order valence-electron chi connectivity index (χ0n) is 19.2. The lowest BCUT2D eigenvalue weighted by Gasteiger charge is -2.33. The molecule has 1 fully saturated rings. The van der Waals surface area contributed by atoms with Crippen molar-refractivity contribution in [1.29, 1.82) is 0 Å². The Hall–Kier alpha value is -3.45. The van der Waals surface area contributed by atoms with E-state index in [0.717, 1.165) is 25.7 Å². The second-order valence-corrected chi connectivity index (χ2v) is 9.21. The highest BCUT2D eigenvalue weighted by molar-refractivity contribution is 6.30. The van der Waals surface area contributed by atoms with Gasteiger partial charge >= 0.3 is 0 Å². The fourth-order valence-corrected chi connectivity index (χ4v) is 4.80. The molecule has 3 aromatic rings. The molecule has 182 valence electrons. The van der Waals surface area contributed by atoms with E-state index in [9.17, 15) is 9.59 Å². The molecule has 0 spiro atoms. The standard InChI is InChI=1S/C27H27ClN2O5/c28-19-10-8-18(9-11-19)25(26(31)29-20-5-2-1-3-6-20)30(27(32)23-7-4-14-33-23)21-12-13-22-24(17-21)35-16-15-34-22/h4,7-14,17,20,25H,1-3,5-6,15-16H2,(H,29,31)/t25-/m0/s1. The summed E-state index contributed by atoms with van der Waals surface area (Å²) in [6.07, 6.45) is 6.62. The van der Waals surface area contributed by atoms with Gasteiger partial charge in [-0.2, -0.15) is 0 Å². The molecule has 0 bridgehead atoms. The Labute approximate surface area is 209 Å². The first-order valence-electron chi connectivity index (χ1n) is 11.9. The average Bonchev–Trinajstić information content (AvgIpc) is 3.43. The zero-order chi connectivity index (χ0) is 24.2. The molecule has 0 saturated heterocycles. The predicted molar refractivity (Wildman–Crippen MR) is 132 cm³/mol. The summed E-state index contributed by atoms with van der Waals surface area (Å²) in [5.41, 5.74) is 1.13. The number of amides is 2. The first-order chi connectivity index (χ1) is 17.1. The fourth-order valence-electron chi connectivity index (χ4n) is 4.67. The number of anilines is 1. The highest BCUT2D eigenvalue weighted by atomic mass is 35.5. The van der Waals surface area contributed by atoms with E-state index in [1.165, 1.54) is 17.6 Å². The second-order valence-electron chi connectivity index (χ2n) is 8.78. The molecule has 1 aromatic heterocycles. The van der Waals surface area contributed by atoms with Gasteiger partial charge in [0, 0.05) is 22.8 Å². The van der Waals surface area contributed by atoms with Crippen molar-refractivity contribution in [3.05, 3.63) is 77.2 Å². The van der Waals surface area contributed by atoms with Gasteiger partial charge in [0.05, 0.1) is 6.26 Å². The Balaban J connectivity index is 1.59. The average molecular weight is 495 g/mol. The number of rotatable bonds is 6. The fraction of sp³-hybridized carbons (Fsp3) is 0.333. The van der Waals surface area contributed by atoms with Crippen molar-refractivity contribution in [2.45, 2.75) is 44.2 Å². The van der Waals surface area contributed by atoms with Crippen LogP contribution < -0.4 is 19.7 Å². The molecule has 1 saturated carbocycles. The summed E-state index contributed by atoms with van der Waals surface area (Å²) in [4.78, 5) is 29.1. The van der Waals surface area contributed by atoms with Crippen LogP contribution in [0.4, 0.5) is 5.69 Å². The maximum atomic E-state index is 13.8. The summed E-state index contributed by atoms with van der Waals surface area (Å²) in [5, 5.41) is 3.74. The van der Waals surface area contributed by atoms with Gasteiger partial charge in [0.25, 0.3) is 5.91 Å². The number of halogens is 1. The van der Waals surface area contributed by atoms with Gasteiger partial charge in [-0.3, -0.25) is 14.5 Å². The van der Waals surface area contributed by atoms with Crippen molar-refractivity contribution in [3.63, 3.8) is 0 Å². The third kappa shape index (κ3) is 5.15. The van der Waals surface area contributed by atoms with Gasteiger partial charge in [0.2, 0.25) is 5.91 Å². The first kappa shape index (κ1) is 23.3. The Kier molecular flexibility index (Phi) is 6.95. The lowest BCUT2D eigenvalue weighted by Crippen LogP contribution is -2.47. The molecule has 35 heavy (non-hydrogen) atoms. The van der Waals surface area contributed by atoms with Crippen molar-refractivity contribution in [3.8, 4) is 11.5 Å². The van der Waals surface area contributed by atoms with Crippen molar-refractivity contribution in [2.75, 3.05) is 18.1 Å². The van der Waals surface area contributed by atoms with E-state index in [0.29, 0.717) is 41.0 Å². The van der Waals surface area contributed by atoms with Crippen LogP contribution in [0.5, 0.6) is 11.5 Å². The lowest BCUT2D eigenvalue weighted by atomic mass is 9.94. The molecule has 0 radical (unpaired) electrons.